The minimum Gasteiger partial charge on any atom is -0.483 e. The number of piperidine rings is 1. The summed E-state index contributed by atoms with van der Waals surface area (Å²) in [5, 5.41) is 0. The first-order chi connectivity index (χ1) is 9.60. The zero-order valence-corrected chi connectivity index (χ0v) is 13.8. The van der Waals surface area contributed by atoms with Gasteiger partial charge in [-0.15, -0.1) is 0 Å². The molecule has 0 atom stereocenters. The Morgan fingerprint density at radius 3 is 2.75 bits per heavy atom. The normalized spacial score (nSPS) is 16.2. The maximum Gasteiger partial charge on any atom is 0.260 e. The third-order valence-corrected chi connectivity index (χ3v) is 4.38. The zero-order valence-electron chi connectivity index (χ0n) is 12.2. The second-order valence-corrected chi connectivity index (χ2v) is 6.37. The molecule has 3 nitrogen and oxygen atoms in total. The van der Waals surface area contributed by atoms with Gasteiger partial charge < -0.3 is 9.64 Å². The summed E-state index contributed by atoms with van der Waals surface area (Å²) in [6.45, 7) is 6.20. The molecule has 0 bridgehead atoms. The van der Waals surface area contributed by atoms with E-state index in [0.29, 0.717) is 0 Å². The van der Waals surface area contributed by atoms with Crippen molar-refractivity contribution in [2.24, 2.45) is 5.92 Å². The number of likely N-dealkylation sites (tertiary alicyclic amines) is 1. The van der Waals surface area contributed by atoms with Crippen LogP contribution in [0.3, 0.4) is 0 Å². The predicted octanol–water partition coefficient (Wildman–Crippen LogP) is 3.65. The molecule has 0 saturated carbocycles. The van der Waals surface area contributed by atoms with Crippen molar-refractivity contribution in [2.75, 3.05) is 19.7 Å². The van der Waals surface area contributed by atoms with Gasteiger partial charge in [-0.3, -0.25) is 4.79 Å². The molecule has 1 amide bonds. The zero-order chi connectivity index (χ0) is 14.5. The summed E-state index contributed by atoms with van der Waals surface area (Å²) in [4.78, 5) is 14.1. The van der Waals surface area contributed by atoms with Gasteiger partial charge in [-0.2, -0.15) is 0 Å². The molecule has 2 rings (SSSR count). The Bertz CT molecular complexity index is 468. The number of halogens is 1. The molecular weight excluding hydrogens is 318 g/mol. The van der Waals surface area contributed by atoms with E-state index >= 15 is 0 Å². The van der Waals surface area contributed by atoms with Crippen LogP contribution in [0.25, 0.3) is 0 Å². The van der Waals surface area contributed by atoms with Crippen molar-refractivity contribution in [3.8, 4) is 5.75 Å². The summed E-state index contributed by atoms with van der Waals surface area (Å²) in [6, 6.07) is 5.92. The molecule has 1 saturated heterocycles. The van der Waals surface area contributed by atoms with Crippen molar-refractivity contribution in [3.05, 3.63) is 28.2 Å². The van der Waals surface area contributed by atoms with Crippen LogP contribution in [0.4, 0.5) is 0 Å². The topological polar surface area (TPSA) is 29.5 Å². The van der Waals surface area contributed by atoms with Gasteiger partial charge in [-0.1, -0.05) is 29.8 Å². The number of benzene rings is 1. The molecule has 0 spiro atoms. The Hall–Kier alpha value is -1.03. The average Bonchev–Trinajstić information content (AvgIpc) is 2.46. The molecule has 110 valence electrons. The predicted molar refractivity (Wildman–Crippen MR) is 84.0 cm³/mol. The van der Waals surface area contributed by atoms with E-state index < -0.39 is 0 Å². The number of hydrogen-bond donors (Lipinski definition) is 0. The van der Waals surface area contributed by atoms with Crippen LogP contribution in [0.15, 0.2) is 22.7 Å². The summed E-state index contributed by atoms with van der Waals surface area (Å²) in [6.07, 6.45) is 3.10. The number of carbonyl (C=O) groups is 1. The Morgan fingerprint density at radius 2 is 2.10 bits per heavy atom. The van der Waals surface area contributed by atoms with Gasteiger partial charge in [0, 0.05) is 17.6 Å². The Balaban J connectivity index is 1.90. The SMILES string of the molecule is CCc1cc(Br)ccc1OCC(=O)N1CCC(C)CC1. The summed E-state index contributed by atoms with van der Waals surface area (Å²) in [7, 11) is 0. The van der Waals surface area contributed by atoms with Crippen LogP contribution in [-0.4, -0.2) is 30.5 Å². The molecule has 1 aliphatic rings. The van der Waals surface area contributed by atoms with Crippen LogP contribution < -0.4 is 4.74 Å². The lowest BCUT2D eigenvalue weighted by atomic mass is 9.99. The third-order valence-electron chi connectivity index (χ3n) is 3.89. The lowest BCUT2D eigenvalue weighted by molar-refractivity contribution is -0.134. The van der Waals surface area contributed by atoms with E-state index in [1.807, 2.05) is 23.1 Å². The van der Waals surface area contributed by atoms with E-state index in [1.54, 1.807) is 0 Å². The van der Waals surface area contributed by atoms with E-state index in [1.165, 1.54) is 0 Å². The Labute approximate surface area is 129 Å². The first-order valence-corrected chi connectivity index (χ1v) is 8.08. The van der Waals surface area contributed by atoms with Crippen LogP contribution in [-0.2, 0) is 11.2 Å². The summed E-state index contributed by atoms with van der Waals surface area (Å²) in [5.41, 5.74) is 1.12. The number of carbonyl (C=O) groups excluding carboxylic acids is 1. The van der Waals surface area contributed by atoms with Gasteiger partial charge in [-0.25, -0.2) is 0 Å². The van der Waals surface area contributed by atoms with Gasteiger partial charge in [0.05, 0.1) is 0 Å². The highest BCUT2D eigenvalue weighted by molar-refractivity contribution is 9.10. The molecule has 4 heteroatoms. The number of ether oxygens (including phenoxy) is 1. The highest BCUT2D eigenvalue weighted by atomic mass is 79.9. The average molecular weight is 340 g/mol. The largest absolute Gasteiger partial charge is 0.483 e. The molecule has 0 aromatic heterocycles. The third kappa shape index (κ3) is 3.98. The number of hydrogen-bond acceptors (Lipinski definition) is 2. The van der Waals surface area contributed by atoms with Gasteiger partial charge in [0.25, 0.3) is 5.91 Å². The van der Waals surface area contributed by atoms with Crippen LogP contribution in [0.1, 0.15) is 32.3 Å². The van der Waals surface area contributed by atoms with E-state index in [0.717, 1.165) is 54.1 Å². The molecule has 0 radical (unpaired) electrons. The molecule has 0 aliphatic carbocycles. The lowest BCUT2D eigenvalue weighted by Crippen LogP contribution is -2.40. The fraction of sp³-hybridized carbons (Fsp3) is 0.562. The number of nitrogens with zero attached hydrogens (tertiary/aromatic N) is 1. The fourth-order valence-electron chi connectivity index (χ4n) is 2.45. The monoisotopic (exact) mass is 339 g/mol. The standard InChI is InChI=1S/C16H22BrNO2/c1-3-13-10-14(17)4-5-15(13)20-11-16(19)18-8-6-12(2)7-9-18/h4-5,10,12H,3,6-9,11H2,1-2H3. The van der Waals surface area contributed by atoms with Crippen LogP contribution >= 0.6 is 15.9 Å². The lowest BCUT2D eigenvalue weighted by Gasteiger charge is -2.30. The second kappa shape index (κ2) is 7.11. The van der Waals surface area contributed by atoms with E-state index in [-0.39, 0.29) is 12.5 Å². The minimum absolute atomic E-state index is 0.0990. The van der Waals surface area contributed by atoms with Crippen molar-refractivity contribution in [3.63, 3.8) is 0 Å². The van der Waals surface area contributed by atoms with Gasteiger partial charge in [0.1, 0.15) is 5.75 Å². The highest BCUT2D eigenvalue weighted by Gasteiger charge is 2.20. The van der Waals surface area contributed by atoms with E-state index in [2.05, 4.69) is 29.8 Å². The fourth-order valence-corrected chi connectivity index (χ4v) is 2.86. The maximum absolute atomic E-state index is 12.1. The van der Waals surface area contributed by atoms with Crippen molar-refractivity contribution >= 4 is 21.8 Å². The molecule has 0 unspecified atom stereocenters. The molecule has 1 heterocycles. The molecule has 20 heavy (non-hydrogen) atoms. The number of amides is 1. The van der Waals surface area contributed by atoms with Gasteiger partial charge in [-0.05, 0) is 48.9 Å². The summed E-state index contributed by atoms with van der Waals surface area (Å²) >= 11 is 3.45. The summed E-state index contributed by atoms with van der Waals surface area (Å²) in [5.74, 6) is 1.65. The summed E-state index contributed by atoms with van der Waals surface area (Å²) < 4.78 is 6.75. The van der Waals surface area contributed by atoms with Gasteiger partial charge in [0.2, 0.25) is 0 Å². The molecule has 0 N–H and O–H groups in total. The molecule has 1 aromatic carbocycles. The highest BCUT2D eigenvalue weighted by Crippen LogP contribution is 2.24. The minimum atomic E-state index is 0.0990. The van der Waals surface area contributed by atoms with Crippen LogP contribution in [0.2, 0.25) is 0 Å². The molecular formula is C16H22BrNO2. The molecule has 1 aromatic rings. The van der Waals surface area contributed by atoms with Crippen LogP contribution in [0.5, 0.6) is 5.75 Å². The number of rotatable bonds is 4. The van der Waals surface area contributed by atoms with Crippen molar-refractivity contribution in [1.29, 1.82) is 0 Å². The van der Waals surface area contributed by atoms with Crippen molar-refractivity contribution in [2.45, 2.75) is 33.1 Å². The maximum atomic E-state index is 12.1. The molecule has 1 fully saturated rings. The number of aryl methyl sites for hydroxylation is 1. The smallest absolute Gasteiger partial charge is 0.260 e. The Kier molecular flexibility index (Phi) is 5.46. The van der Waals surface area contributed by atoms with Gasteiger partial charge in [0.15, 0.2) is 6.61 Å². The van der Waals surface area contributed by atoms with Crippen LogP contribution in [0, 0.1) is 5.92 Å². The first kappa shape index (κ1) is 15.4. The quantitative estimate of drug-likeness (QED) is 0.837. The van der Waals surface area contributed by atoms with Crippen molar-refractivity contribution < 1.29 is 9.53 Å². The van der Waals surface area contributed by atoms with Crippen molar-refractivity contribution in [1.82, 2.24) is 4.90 Å². The van der Waals surface area contributed by atoms with E-state index in [9.17, 15) is 4.79 Å². The molecule has 1 aliphatic heterocycles. The first-order valence-electron chi connectivity index (χ1n) is 7.29. The Morgan fingerprint density at radius 1 is 1.40 bits per heavy atom. The van der Waals surface area contributed by atoms with E-state index in [4.69, 9.17) is 4.74 Å². The second-order valence-electron chi connectivity index (χ2n) is 5.46. The van der Waals surface area contributed by atoms with Gasteiger partial charge >= 0.3 is 0 Å².